The lowest BCUT2D eigenvalue weighted by Crippen LogP contribution is -2.44. The van der Waals surface area contributed by atoms with Gasteiger partial charge >= 0.3 is 6.09 Å². The van der Waals surface area contributed by atoms with Crippen LogP contribution in [0.1, 0.15) is 60.8 Å². The Balaban J connectivity index is 1.43. The number of pyridine rings is 1. The van der Waals surface area contributed by atoms with Gasteiger partial charge in [-0.2, -0.15) is 5.10 Å². The van der Waals surface area contributed by atoms with E-state index in [-0.39, 0.29) is 28.5 Å². The molecule has 3 aromatic rings. The Morgan fingerprint density at radius 3 is 2.59 bits per heavy atom. The summed E-state index contributed by atoms with van der Waals surface area (Å²) in [6.07, 6.45) is 4.39. The third kappa shape index (κ3) is 7.58. The van der Waals surface area contributed by atoms with Crippen LogP contribution >= 0.6 is 11.6 Å². The predicted octanol–water partition coefficient (Wildman–Crippen LogP) is 5.68. The molecule has 39 heavy (non-hydrogen) atoms. The van der Waals surface area contributed by atoms with Crippen molar-refractivity contribution >= 4 is 29.4 Å². The SMILES string of the molecule is Cc1cc(C#Cc2ccc(F)cc2)cnc1NC(=O)c1c(Cl)cnn1C[C@H]1CCCN(C(=O)OC(C)(C)C)C1. The van der Waals surface area contributed by atoms with Gasteiger partial charge in [-0.25, -0.2) is 14.2 Å². The summed E-state index contributed by atoms with van der Waals surface area (Å²) < 4.78 is 20.2. The van der Waals surface area contributed by atoms with Gasteiger partial charge < -0.3 is 15.0 Å². The van der Waals surface area contributed by atoms with Crippen LogP contribution in [0.3, 0.4) is 0 Å². The van der Waals surface area contributed by atoms with E-state index in [9.17, 15) is 14.0 Å². The first kappa shape index (κ1) is 28.1. The van der Waals surface area contributed by atoms with Crippen LogP contribution in [0.5, 0.6) is 0 Å². The fourth-order valence-corrected chi connectivity index (χ4v) is 4.52. The molecule has 0 radical (unpaired) electrons. The number of nitrogens with zero attached hydrogens (tertiary/aromatic N) is 4. The molecule has 1 atom stereocenters. The molecule has 4 rings (SSSR count). The Bertz CT molecular complexity index is 1420. The number of hydrogen-bond acceptors (Lipinski definition) is 5. The van der Waals surface area contributed by atoms with E-state index in [1.54, 1.807) is 27.9 Å². The monoisotopic (exact) mass is 551 g/mol. The molecular weight excluding hydrogens is 521 g/mol. The number of anilines is 1. The summed E-state index contributed by atoms with van der Waals surface area (Å²) in [6, 6.07) is 7.73. The minimum atomic E-state index is -0.565. The van der Waals surface area contributed by atoms with E-state index in [1.165, 1.54) is 18.3 Å². The quantitative estimate of drug-likeness (QED) is 0.421. The van der Waals surface area contributed by atoms with Gasteiger partial charge in [0.25, 0.3) is 5.91 Å². The van der Waals surface area contributed by atoms with Crippen LogP contribution in [0, 0.1) is 30.5 Å². The molecule has 1 N–H and O–H groups in total. The molecule has 0 aliphatic carbocycles. The molecule has 0 saturated carbocycles. The van der Waals surface area contributed by atoms with E-state index in [4.69, 9.17) is 16.3 Å². The van der Waals surface area contributed by atoms with E-state index in [0.717, 1.165) is 18.4 Å². The average molecular weight is 552 g/mol. The highest BCUT2D eigenvalue weighted by Gasteiger charge is 2.29. The van der Waals surface area contributed by atoms with E-state index >= 15 is 0 Å². The molecule has 0 spiro atoms. The Kier molecular flexibility index (Phi) is 8.56. The van der Waals surface area contributed by atoms with Crippen molar-refractivity contribution < 1.29 is 18.7 Å². The Morgan fingerprint density at radius 1 is 1.18 bits per heavy atom. The molecule has 1 aliphatic rings. The van der Waals surface area contributed by atoms with Crippen molar-refractivity contribution in [3.8, 4) is 11.8 Å². The molecular formula is C29H31ClFN5O3. The Hall–Kier alpha value is -3.90. The maximum absolute atomic E-state index is 13.2. The molecule has 1 aromatic carbocycles. The van der Waals surface area contributed by atoms with Crippen molar-refractivity contribution in [1.82, 2.24) is 19.7 Å². The average Bonchev–Trinajstić information content (AvgIpc) is 3.24. The van der Waals surface area contributed by atoms with Crippen LogP contribution in [-0.4, -0.2) is 50.4 Å². The van der Waals surface area contributed by atoms with Gasteiger partial charge in [-0.05, 0) is 82.3 Å². The number of aromatic nitrogens is 3. The fraction of sp³-hybridized carbons (Fsp3) is 0.379. The van der Waals surface area contributed by atoms with E-state index in [0.29, 0.717) is 36.6 Å². The number of carbonyl (C=O) groups is 2. The Labute approximate surface area is 232 Å². The number of aryl methyl sites for hydroxylation is 1. The van der Waals surface area contributed by atoms with Crippen molar-refractivity contribution in [2.45, 2.75) is 52.7 Å². The van der Waals surface area contributed by atoms with Crippen molar-refractivity contribution in [1.29, 1.82) is 0 Å². The zero-order valence-electron chi connectivity index (χ0n) is 22.4. The minimum absolute atomic E-state index is 0.0904. The number of piperidine rings is 1. The van der Waals surface area contributed by atoms with Crippen molar-refractivity contribution in [3.05, 3.63) is 75.9 Å². The van der Waals surface area contributed by atoms with E-state index in [1.807, 2.05) is 33.8 Å². The van der Waals surface area contributed by atoms with E-state index in [2.05, 4.69) is 27.2 Å². The van der Waals surface area contributed by atoms with Crippen LogP contribution < -0.4 is 5.32 Å². The highest BCUT2D eigenvalue weighted by Crippen LogP contribution is 2.24. The highest BCUT2D eigenvalue weighted by molar-refractivity contribution is 6.34. The second-order valence-electron chi connectivity index (χ2n) is 10.6. The van der Waals surface area contributed by atoms with Gasteiger partial charge in [-0.15, -0.1) is 0 Å². The van der Waals surface area contributed by atoms with Gasteiger partial charge in [0.2, 0.25) is 0 Å². The maximum Gasteiger partial charge on any atom is 0.410 e. The summed E-state index contributed by atoms with van der Waals surface area (Å²) >= 11 is 6.36. The van der Waals surface area contributed by atoms with Crippen molar-refractivity contribution in [2.75, 3.05) is 18.4 Å². The summed E-state index contributed by atoms with van der Waals surface area (Å²) in [5, 5.41) is 7.37. The molecule has 3 heterocycles. The van der Waals surface area contributed by atoms with E-state index < -0.39 is 11.5 Å². The zero-order valence-corrected chi connectivity index (χ0v) is 23.2. The standard InChI is InChI=1S/C29H31ClFN5O3/c1-19-14-21(8-7-20-9-11-23(31)12-10-20)15-32-26(19)34-27(37)25-24(30)16-33-36(25)18-22-6-5-13-35(17-22)28(38)39-29(2,3)4/h9-12,14-16,22H,5-6,13,17-18H2,1-4H3,(H,32,34,37)/t22-/m0/s1. The van der Waals surface area contributed by atoms with Gasteiger partial charge in [0.05, 0.1) is 11.2 Å². The van der Waals surface area contributed by atoms with Crippen LogP contribution in [0.2, 0.25) is 5.02 Å². The zero-order chi connectivity index (χ0) is 28.2. The highest BCUT2D eigenvalue weighted by atomic mass is 35.5. The number of amides is 2. The van der Waals surface area contributed by atoms with Crippen LogP contribution in [0.4, 0.5) is 15.0 Å². The number of halogens is 2. The summed E-state index contributed by atoms with van der Waals surface area (Å²) in [7, 11) is 0. The lowest BCUT2D eigenvalue weighted by Gasteiger charge is -2.34. The van der Waals surface area contributed by atoms with Gasteiger partial charge in [-0.3, -0.25) is 9.48 Å². The number of carbonyl (C=O) groups excluding carboxylic acids is 2. The molecule has 204 valence electrons. The normalized spacial score (nSPS) is 15.3. The number of ether oxygens (including phenoxy) is 1. The molecule has 10 heteroatoms. The van der Waals surface area contributed by atoms with Crippen molar-refractivity contribution in [2.24, 2.45) is 5.92 Å². The summed E-state index contributed by atoms with van der Waals surface area (Å²) in [5.41, 5.74) is 1.72. The number of rotatable bonds is 4. The molecule has 2 aromatic heterocycles. The van der Waals surface area contributed by atoms with Gasteiger partial charge in [0.15, 0.2) is 0 Å². The number of benzene rings is 1. The topological polar surface area (TPSA) is 89.4 Å². The molecule has 8 nitrogen and oxygen atoms in total. The first-order valence-corrected chi connectivity index (χ1v) is 13.1. The van der Waals surface area contributed by atoms with Gasteiger partial charge in [-0.1, -0.05) is 23.4 Å². The van der Waals surface area contributed by atoms with Gasteiger partial charge in [0, 0.05) is 37.0 Å². The minimum Gasteiger partial charge on any atom is -0.444 e. The second kappa shape index (κ2) is 11.9. The number of likely N-dealkylation sites (tertiary alicyclic amines) is 1. The molecule has 1 aliphatic heterocycles. The maximum atomic E-state index is 13.2. The third-order valence-corrected chi connectivity index (χ3v) is 6.39. The first-order valence-electron chi connectivity index (χ1n) is 12.7. The lowest BCUT2D eigenvalue weighted by molar-refractivity contribution is 0.0154. The number of nitrogens with one attached hydrogen (secondary N) is 1. The third-order valence-electron chi connectivity index (χ3n) is 6.12. The fourth-order valence-electron chi connectivity index (χ4n) is 4.30. The van der Waals surface area contributed by atoms with Crippen LogP contribution in [0.25, 0.3) is 0 Å². The molecule has 0 unspecified atom stereocenters. The number of hydrogen-bond donors (Lipinski definition) is 1. The molecule has 1 saturated heterocycles. The summed E-state index contributed by atoms with van der Waals surface area (Å²) in [4.78, 5) is 31.8. The summed E-state index contributed by atoms with van der Waals surface area (Å²) in [6.45, 7) is 8.91. The van der Waals surface area contributed by atoms with Crippen LogP contribution in [0.15, 0.2) is 42.7 Å². The Morgan fingerprint density at radius 2 is 1.90 bits per heavy atom. The second-order valence-corrected chi connectivity index (χ2v) is 11.0. The lowest BCUT2D eigenvalue weighted by atomic mass is 9.98. The molecule has 0 bridgehead atoms. The molecule has 2 amide bonds. The first-order chi connectivity index (χ1) is 18.5. The smallest absolute Gasteiger partial charge is 0.410 e. The predicted molar refractivity (Wildman–Crippen MR) is 147 cm³/mol. The van der Waals surface area contributed by atoms with Crippen LogP contribution in [-0.2, 0) is 11.3 Å². The molecule has 1 fully saturated rings. The summed E-state index contributed by atoms with van der Waals surface area (Å²) in [5.74, 6) is 5.68. The van der Waals surface area contributed by atoms with Gasteiger partial charge in [0.1, 0.15) is 22.9 Å². The van der Waals surface area contributed by atoms with Crippen molar-refractivity contribution in [3.63, 3.8) is 0 Å². The largest absolute Gasteiger partial charge is 0.444 e.